The number of nitrogens with zero attached hydrogens (tertiary/aromatic N) is 4. The van der Waals surface area contributed by atoms with Crippen molar-refractivity contribution in [2.75, 3.05) is 0 Å². The van der Waals surface area contributed by atoms with Gasteiger partial charge in [0.15, 0.2) is 0 Å². The molecule has 0 spiro atoms. The first-order chi connectivity index (χ1) is 20.8. The summed E-state index contributed by atoms with van der Waals surface area (Å²) in [5.74, 6) is -3.94. The molecule has 0 saturated carbocycles. The van der Waals surface area contributed by atoms with E-state index in [2.05, 4.69) is 0 Å². The molecule has 0 aromatic heterocycles. The van der Waals surface area contributed by atoms with E-state index in [0.29, 0.717) is 5.56 Å². The summed E-state index contributed by atoms with van der Waals surface area (Å²) in [5.41, 5.74) is 4.06. The van der Waals surface area contributed by atoms with E-state index in [0.717, 1.165) is 32.3 Å². The van der Waals surface area contributed by atoms with Crippen molar-refractivity contribution < 1.29 is 24.2 Å². The second-order valence-corrected chi connectivity index (χ2v) is 10.8. The average Bonchev–Trinajstić information content (AvgIpc) is 3.29. The van der Waals surface area contributed by atoms with E-state index in [4.69, 9.17) is 0 Å². The lowest BCUT2D eigenvalue weighted by Crippen LogP contribution is -2.50. The van der Waals surface area contributed by atoms with Gasteiger partial charge in [-0.1, -0.05) is 60.7 Å². The molecule has 4 aromatic rings. The zero-order valence-corrected chi connectivity index (χ0v) is 22.4. The molecule has 43 heavy (non-hydrogen) atoms. The number of non-ortho nitro benzene ring substituents is 2. The first-order valence-electron chi connectivity index (χ1n) is 13.6. The molecule has 0 radical (unpaired) electrons. The Kier molecular flexibility index (Phi) is 5.91. The van der Waals surface area contributed by atoms with Gasteiger partial charge < -0.3 is 0 Å². The van der Waals surface area contributed by atoms with Crippen LogP contribution in [0.4, 0.5) is 11.4 Å². The predicted molar refractivity (Wildman–Crippen MR) is 151 cm³/mol. The van der Waals surface area contributed by atoms with Crippen molar-refractivity contribution in [1.29, 1.82) is 0 Å². The molecule has 0 N–H and O–H groups in total. The molecule has 4 aromatic carbocycles. The van der Waals surface area contributed by atoms with Gasteiger partial charge in [-0.25, -0.2) is 5.01 Å². The van der Waals surface area contributed by atoms with Crippen LogP contribution in [0.5, 0.6) is 0 Å². The highest BCUT2D eigenvalue weighted by molar-refractivity contribution is 6.09. The fourth-order valence-electron chi connectivity index (χ4n) is 6.90. The third kappa shape index (κ3) is 3.92. The number of carbonyl (C=O) groups excluding carboxylic acids is 3. The predicted octanol–water partition coefficient (Wildman–Crippen LogP) is 4.95. The van der Waals surface area contributed by atoms with Gasteiger partial charge in [-0.15, -0.1) is 0 Å². The van der Waals surface area contributed by atoms with E-state index in [1.54, 1.807) is 0 Å². The Balaban J connectivity index is 1.32. The summed E-state index contributed by atoms with van der Waals surface area (Å²) >= 11 is 0. The fourth-order valence-corrected chi connectivity index (χ4v) is 6.90. The van der Waals surface area contributed by atoms with Crippen LogP contribution in [0.1, 0.15) is 50.0 Å². The molecule has 11 heteroatoms. The van der Waals surface area contributed by atoms with Crippen LogP contribution < -0.4 is 0 Å². The number of hydrogen-bond donors (Lipinski definition) is 0. The first-order valence-corrected chi connectivity index (χ1v) is 13.6. The van der Waals surface area contributed by atoms with Crippen LogP contribution in [0.25, 0.3) is 0 Å². The fraction of sp³-hybridized carbons (Fsp3) is 0.156. The van der Waals surface area contributed by atoms with E-state index in [9.17, 15) is 34.6 Å². The van der Waals surface area contributed by atoms with Crippen molar-refractivity contribution in [1.82, 2.24) is 10.0 Å². The Labute approximate surface area is 244 Å². The van der Waals surface area contributed by atoms with Crippen LogP contribution in [0.2, 0.25) is 0 Å². The summed E-state index contributed by atoms with van der Waals surface area (Å²) in [4.78, 5) is 63.9. The zero-order valence-electron chi connectivity index (χ0n) is 22.4. The standard InChI is InChI=1S/C32H22N4O7/c37-30(19-11-15-21(16-12-19)36(42)43)33(17-18-9-13-20(14-10-18)35(40)41)34-31(38)28-26-22-5-1-2-6-23(22)27(29(28)32(34)39)25-8-4-3-7-24(25)26/h1-16,26-29H,17H2/t26?,27?,28-,29-/m1/s1. The van der Waals surface area contributed by atoms with Gasteiger partial charge in [0.25, 0.3) is 29.1 Å². The molecule has 0 unspecified atom stereocenters. The normalized spacial score (nSPS) is 21.2. The van der Waals surface area contributed by atoms with Crippen molar-refractivity contribution in [3.8, 4) is 0 Å². The molecule has 4 aliphatic rings. The maximum atomic E-state index is 14.3. The minimum Gasteiger partial charge on any atom is -0.272 e. The molecule has 8 rings (SSSR count). The number of nitro groups is 2. The Bertz CT molecular complexity index is 1740. The van der Waals surface area contributed by atoms with Gasteiger partial charge in [0, 0.05) is 41.7 Å². The van der Waals surface area contributed by atoms with Crippen molar-refractivity contribution in [3.63, 3.8) is 0 Å². The number of hydrogen-bond acceptors (Lipinski definition) is 7. The minimum atomic E-state index is -0.730. The molecule has 1 fully saturated rings. The zero-order chi connectivity index (χ0) is 30.0. The van der Waals surface area contributed by atoms with Crippen LogP contribution in [-0.4, -0.2) is 37.6 Å². The van der Waals surface area contributed by atoms with Gasteiger partial charge in [-0.05, 0) is 39.9 Å². The summed E-state index contributed by atoms with van der Waals surface area (Å²) in [7, 11) is 0. The molecule has 1 aliphatic heterocycles. The average molecular weight is 575 g/mol. The van der Waals surface area contributed by atoms with Gasteiger partial charge in [-0.2, -0.15) is 5.01 Å². The summed E-state index contributed by atoms with van der Waals surface area (Å²) < 4.78 is 0. The molecule has 1 saturated heterocycles. The van der Waals surface area contributed by atoms with Crippen LogP contribution in [0, 0.1) is 32.1 Å². The summed E-state index contributed by atoms with van der Waals surface area (Å²) in [5, 5.41) is 24.4. The Morgan fingerprint density at radius 1 is 0.651 bits per heavy atom. The number of imide groups is 1. The van der Waals surface area contributed by atoms with E-state index >= 15 is 0 Å². The molecular formula is C32H22N4O7. The van der Waals surface area contributed by atoms with E-state index in [1.165, 1.54) is 48.5 Å². The molecule has 212 valence electrons. The number of carbonyl (C=O) groups is 3. The lowest BCUT2D eigenvalue weighted by Gasteiger charge is -2.45. The van der Waals surface area contributed by atoms with Gasteiger partial charge in [0.2, 0.25) is 0 Å². The molecule has 2 atom stereocenters. The van der Waals surface area contributed by atoms with E-state index in [1.807, 2.05) is 48.5 Å². The molecule has 3 amide bonds. The van der Waals surface area contributed by atoms with Gasteiger partial charge >= 0.3 is 0 Å². The topological polar surface area (TPSA) is 144 Å². The van der Waals surface area contributed by atoms with Crippen LogP contribution in [0.15, 0.2) is 97.1 Å². The van der Waals surface area contributed by atoms with E-state index < -0.39 is 39.4 Å². The van der Waals surface area contributed by atoms with Crippen molar-refractivity contribution in [2.24, 2.45) is 11.8 Å². The second kappa shape index (κ2) is 9.69. The van der Waals surface area contributed by atoms with Crippen LogP contribution in [-0.2, 0) is 16.1 Å². The lowest BCUT2D eigenvalue weighted by molar-refractivity contribution is -0.385. The monoisotopic (exact) mass is 574 g/mol. The summed E-state index contributed by atoms with van der Waals surface area (Å²) in [6.45, 7) is -0.236. The molecule has 3 aliphatic carbocycles. The van der Waals surface area contributed by atoms with Gasteiger partial charge in [0.1, 0.15) is 0 Å². The lowest BCUT2D eigenvalue weighted by atomic mass is 9.55. The molecule has 11 nitrogen and oxygen atoms in total. The first kappa shape index (κ1) is 26.2. The SMILES string of the molecule is O=C(c1ccc([N+](=O)[O-])cc1)N(Cc1ccc([N+](=O)[O-])cc1)N1C(=O)[C@@H]2C3c4ccccc4C(c4ccccc43)[C@H]2C1=O. The molecule has 2 bridgehead atoms. The number of hydrazine groups is 1. The number of rotatable bonds is 6. The maximum Gasteiger partial charge on any atom is 0.273 e. The van der Waals surface area contributed by atoms with Crippen molar-refractivity contribution in [3.05, 3.63) is 151 Å². The second-order valence-electron chi connectivity index (χ2n) is 10.8. The summed E-state index contributed by atoms with van der Waals surface area (Å²) in [6, 6.07) is 26.0. The third-order valence-corrected chi connectivity index (χ3v) is 8.71. The van der Waals surface area contributed by atoms with Crippen molar-refractivity contribution >= 4 is 29.1 Å². The highest BCUT2D eigenvalue weighted by Gasteiger charge is 2.63. The summed E-state index contributed by atoms with van der Waals surface area (Å²) in [6.07, 6.45) is 0. The molecular weight excluding hydrogens is 552 g/mol. The number of benzene rings is 4. The quantitative estimate of drug-likeness (QED) is 0.180. The third-order valence-electron chi connectivity index (χ3n) is 8.71. The maximum absolute atomic E-state index is 14.3. The smallest absolute Gasteiger partial charge is 0.272 e. The number of amides is 3. The Morgan fingerprint density at radius 2 is 1.05 bits per heavy atom. The van der Waals surface area contributed by atoms with Gasteiger partial charge in [0.05, 0.1) is 28.2 Å². The minimum absolute atomic E-state index is 0.0394. The largest absolute Gasteiger partial charge is 0.273 e. The highest BCUT2D eigenvalue weighted by atomic mass is 16.6. The Hall–Kier alpha value is -5.71. The van der Waals surface area contributed by atoms with Crippen LogP contribution >= 0.6 is 0 Å². The van der Waals surface area contributed by atoms with E-state index in [-0.39, 0.29) is 35.3 Å². The Morgan fingerprint density at radius 3 is 1.44 bits per heavy atom. The molecule has 1 heterocycles. The highest BCUT2D eigenvalue weighted by Crippen LogP contribution is 2.61. The number of nitro benzene ring substituents is 2. The van der Waals surface area contributed by atoms with Crippen molar-refractivity contribution in [2.45, 2.75) is 18.4 Å². The van der Waals surface area contributed by atoms with Crippen LogP contribution in [0.3, 0.4) is 0 Å². The van der Waals surface area contributed by atoms with Gasteiger partial charge in [-0.3, -0.25) is 34.6 Å².